The van der Waals surface area contributed by atoms with E-state index in [2.05, 4.69) is 15.9 Å². The van der Waals surface area contributed by atoms with Crippen LogP contribution in [-0.4, -0.2) is 4.92 Å². The molecular weight excluding hydrogens is 305 g/mol. The molecule has 0 aromatic heterocycles. The molecule has 0 aliphatic carbocycles. The monoisotopic (exact) mass is 308 g/mol. The summed E-state index contributed by atoms with van der Waals surface area (Å²) in [5, 5.41) is 19.1. The summed E-state index contributed by atoms with van der Waals surface area (Å²) in [4.78, 5) is 9.56. The standard InChI is InChI=1S/C9H4BrF3N2O2/c10-3-5-1-6(15(16)17)2-8(7(5)4-14)9(11,12)13/h1-2H,3H2. The van der Waals surface area contributed by atoms with Crippen molar-refractivity contribution in [2.75, 3.05) is 0 Å². The number of alkyl halides is 4. The minimum absolute atomic E-state index is 0.0611. The molecule has 0 radical (unpaired) electrons. The molecule has 0 heterocycles. The first-order chi connectivity index (χ1) is 7.81. The van der Waals surface area contributed by atoms with Gasteiger partial charge in [0.2, 0.25) is 0 Å². The molecule has 17 heavy (non-hydrogen) atoms. The molecule has 1 aromatic rings. The van der Waals surface area contributed by atoms with Crippen LogP contribution in [0.2, 0.25) is 0 Å². The maximum absolute atomic E-state index is 12.6. The molecule has 0 fully saturated rings. The van der Waals surface area contributed by atoms with Crippen molar-refractivity contribution in [1.82, 2.24) is 0 Å². The van der Waals surface area contributed by atoms with Crippen LogP contribution in [0.5, 0.6) is 0 Å². The fraction of sp³-hybridized carbons (Fsp3) is 0.222. The number of benzene rings is 1. The highest BCUT2D eigenvalue weighted by molar-refractivity contribution is 9.08. The molecule has 0 bridgehead atoms. The molecule has 0 saturated heterocycles. The van der Waals surface area contributed by atoms with Crippen molar-refractivity contribution >= 4 is 21.6 Å². The van der Waals surface area contributed by atoms with Gasteiger partial charge in [0.25, 0.3) is 5.69 Å². The molecule has 1 aromatic carbocycles. The third-order valence-corrected chi connectivity index (χ3v) is 2.58. The topological polar surface area (TPSA) is 66.9 Å². The molecule has 4 nitrogen and oxygen atoms in total. The molecule has 0 aliphatic heterocycles. The minimum Gasteiger partial charge on any atom is -0.258 e. The summed E-state index contributed by atoms with van der Waals surface area (Å²) in [5.74, 6) is 0. The normalized spacial score (nSPS) is 11.0. The van der Waals surface area contributed by atoms with Gasteiger partial charge < -0.3 is 0 Å². The van der Waals surface area contributed by atoms with Gasteiger partial charge in [0.1, 0.15) is 6.07 Å². The predicted molar refractivity (Wildman–Crippen MR) is 55.4 cm³/mol. The van der Waals surface area contributed by atoms with E-state index in [-0.39, 0.29) is 10.9 Å². The van der Waals surface area contributed by atoms with Crippen molar-refractivity contribution in [1.29, 1.82) is 5.26 Å². The van der Waals surface area contributed by atoms with Gasteiger partial charge in [-0.25, -0.2) is 0 Å². The Labute approximate surface area is 102 Å². The maximum Gasteiger partial charge on any atom is 0.417 e. The summed E-state index contributed by atoms with van der Waals surface area (Å²) in [6.07, 6.45) is -4.80. The predicted octanol–water partition coefficient (Wildman–Crippen LogP) is 3.38. The van der Waals surface area contributed by atoms with Crippen molar-refractivity contribution in [3.63, 3.8) is 0 Å². The number of nitro groups is 1. The Morgan fingerprint density at radius 1 is 1.47 bits per heavy atom. The van der Waals surface area contributed by atoms with E-state index in [1.807, 2.05) is 0 Å². The van der Waals surface area contributed by atoms with E-state index < -0.39 is 27.9 Å². The lowest BCUT2D eigenvalue weighted by Crippen LogP contribution is -2.10. The second-order valence-electron chi connectivity index (χ2n) is 3.03. The minimum atomic E-state index is -4.80. The number of nitriles is 1. The summed E-state index contributed by atoms with van der Waals surface area (Å²) >= 11 is 2.89. The molecule has 0 amide bonds. The van der Waals surface area contributed by atoms with E-state index in [1.54, 1.807) is 0 Å². The van der Waals surface area contributed by atoms with Gasteiger partial charge in [0, 0.05) is 17.5 Å². The molecule has 1 rings (SSSR count). The lowest BCUT2D eigenvalue weighted by Gasteiger charge is -2.10. The van der Waals surface area contributed by atoms with E-state index in [0.29, 0.717) is 6.07 Å². The zero-order chi connectivity index (χ0) is 13.2. The van der Waals surface area contributed by atoms with Gasteiger partial charge in [-0.15, -0.1) is 0 Å². The summed E-state index contributed by atoms with van der Waals surface area (Å²) in [6.45, 7) is 0. The Kier molecular flexibility index (Phi) is 3.72. The molecule has 90 valence electrons. The second kappa shape index (κ2) is 4.71. The molecular formula is C9H4BrF3N2O2. The van der Waals surface area contributed by atoms with Crippen molar-refractivity contribution in [3.8, 4) is 6.07 Å². The van der Waals surface area contributed by atoms with E-state index in [9.17, 15) is 23.3 Å². The van der Waals surface area contributed by atoms with E-state index in [0.717, 1.165) is 6.07 Å². The van der Waals surface area contributed by atoms with Gasteiger partial charge in [-0.1, -0.05) is 15.9 Å². The van der Waals surface area contributed by atoms with Gasteiger partial charge in [-0.3, -0.25) is 10.1 Å². The van der Waals surface area contributed by atoms with Gasteiger partial charge in [0.05, 0.1) is 16.1 Å². The van der Waals surface area contributed by atoms with Crippen molar-refractivity contribution in [3.05, 3.63) is 38.9 Å². The second-order valence-corrected chi connectivity index (χ2v) is 3.59. The third-order valence-electron chi connectivity index (χ3n) is 1.98. The smallest absolute Gasteiger partial charge is 0.258 e. The summed E-state index contributed by atoms with van der Waals surface area (Å²) in [6, 6.07) is 2.73. The van der Waals surface area contributed by atoms with Gasteiger partial charge in [-0.2, -0.15) is 18.4 Å². The zero-order valence-electron chi connectivity index (χ0n) is 8.08. The van der Waals surface area contributed by atoms with Crippen LogP contribution >= 0.6 is 15.9 Å². The Balaban J connectivity index is 3.61. The molecule has 8 heteroatoms. The fourth-order valence-corrected chi connectivity index (χ4v) is 1.69. The first-order valence-corrected chi connectivity index (χ1v) is 5.28. The van der Waals surface area contributed by atoms with Crippen LogP contribution in [0.3, 0.4) is 0 Å². The first kappa shape index (κ1) is 13.4. The Bertz CT molecular complexity index is 508. The van der Waals surface area contributed by atoms with Gasteiger partial charge in [0.15, 0.2) is 0 Å². The van der Waals surface area contributed by atoms with E-state index in [1.165, 1.54) is 6.07 Å². The van der Waals surface area contributed by atoms with Crippen LogP contribution in [0, 0.1) is 21.4 Å². The SMILES string of the molecule is N#Cc1c(CBr)cc([N+](=O)[O-])cc1C(F)(F)F. The van der Waals surface area contributed by atoms with Crippen LogP contribution in [0.15, 0.2) is 12.1 Å². The van der Waals surface area contributed by atoms with Gasteiger partial charge in [-0.05, 0) is 5.56 Å². The quantitative estimate of drug-likeness (QED) is 0.478. The average molecular weight is 309 g/mol. The third kappa shape index (κ3) is 2.74. The lowest BCUT2D eigenvalue weighted by atomic mass is 10.0. The Morgan fingerprint density at radius 2 is 2.06 bits per heavy atom. The summed E-state index contributed by atoms with van der Waals surface area (Å²) < 4.78 is 37.8. The van der Waals surface area contributed by atoms with Crippen LogP contribution in [0.25, 0.3) is 0 Å². The number of nitro benzene ring substituents is 1. The van der Waals surface area contributed by atoms with Crippen molar-refractivity contribution < 1.29 is 18.1 Å². The van der Waals surface area contributed by atoms with Crippen LogP contribution in [0.4, 0.5) is 18.9 Å². The number of hydrogen-bond acceptors (Lipinski definition) is 3. The van der Waals surface area contributed by atoms with Crippen LogP contribution < -0.4 is 0 Å². The molecule has 0 unspecified atom stereocenters. The van der Waals surface area contributed by atoms with E-state index in [4.69, 9.17) is 5.26 Å². The molecule has 0 saturated carbocycles. The Hall–Kier alpha value is -1.62. The average Bonchev–Trinajstić information content (AvgIpc) is 2.25. The number of nitrogens with zero attached hydrogens (tertiary/aromatic N) is 2. The highest BCUT2D eigenvalue weighted by Gasteiger charge is 2.36. The largest absolute Gasteiger partial charge is 0.417 e. The van der Waals surface area contributed by atoms with Crippen LogP contribution in [-0.2, 0) is 11.5 Å². The van der Waals surface area contributed by atoms with Crippen molar-refractivity contribution in [2.45, 2.75) is 11.5 Å². The van der Waals surface area contributed by atoms with Crippen LogP contribution in [0.1, 0.15) is 16.7 Å². The molecule has 0 atom stereocenters. The fourth-order valence-electron chi connectivity index (χ4n) is 1.25. The molecule has 0 N–H and O–H groups in total. The van der Waals surface area contributed by atoms with Crippen molar-refractivity contribution in [2.24, 2.45) is 0 Å². The maximum atomic E-state index is 12.6. The number of halogens is 4. The molecule has 0 spiro atoms. The summed E-state index contributed by atoms with van der Waals surface area (Å²) in [5.41, 5.74) is -2.64. The number of rotatable bonds is 2. The lowest BCUT2D eigenvalue weighted by molar-refractivity contribution is -0.385. The zero-order valence-corrected chi connectivity index (χ0v) is 9.67. The summed E-state index contributed by atoms with van der Waals surface area (Å²) in [7, 11) is 0. The first-order valence-electron chi connectivity index (χ1n) is 4.15. The Morgan fingerprint density at radius 3 is 2.41 bits per heavy atom. The highest BCUT2D eigenvalue weighted by atomic mass is 79.9. The number of hydrogen-bond donors (Lipinski definition) is 0. The molecule has 0 aliphatic rings. The van der Waals surface area contributed by atoms with Gasteiger partial charge >= 0.3 is 6.18 Å². The van der Waals surface area contributed by atoms with E-state index >= 15 is 0 Å². The number of non-ortho nitro benzene ring substituents is 1. The highest BCUT2D eigenvalue weighted by Crippen LogP contribution is 2.36.